The number of aliphatic carboxylic acids is 1. The van der Waals surface area contributed by atoms with Gasteiger partial charge in [0.15, 0.2) is 5.54 Å². The Morgan fingerprint density at radius 2 is 2.00 bits per heavy atom. The number of hydrogen-bond donors (Lipinski definition) is 3. The van der Waals surface area contributed by atoms with Gasteiger partial charge in [-0.25, -0.2) is 18.4 Å². The molecular weight excluding hydrogens is 272 g/mol. The molecule has 8 heteroatoms. The smallest absolute Gasteiger partial charge is 0.331 e. The fourth-order valence-electron chi connectivity index (χ4n) is 1.89. The second-order valence-corrected chi connectivity index (χ2v) is 5.95. The van der Waals surface area contributed by atoms with Crippen molar-refractivity contribution in [3.8, 4) is 0 Å². The van der Waals surface area contributed by atoms with Crippen LogP contribution in [0.4, 0.5) is 5.69 Å². The molecule has 1 aromatic carbocycles. The van der Waals surface area contributed by atoms with Gasteiger partial charge in [-0.15, -0.1) is 0 Å². The van der Waals surface area contributed by atoms with Crippen LogP contribution in [0.1, 0.15) is 6.42 Å². The highest BCUT2D eigenvalue weighted by Crippen LogP contribution is 2.25. The van der Waals surface area contributed by atoms with Crippen molar-refractivity contribution in [1.82, 2.24) is 0 Å². The van der Waals surface area contributed by atoms with Crippen LogP contribution in [-0.4, -0.2) is 38.2 Å². The lowest BCUT2D eigenvalue weighted by molar-refractivity contribution is -0.142. The van der Waals surface area contributed by atoms with Crippen LogP contribution in [0, 0.1) is 0 Å². The molecule has 1 heterocycles. The first kappa shape index (κ1) is 13.8. The van der Waals surface area contributed by atoms with Crippen molar-refractivity contribution in [2.45, 2.75) is 16.9 Å². The van der Waals surface area contributed by atoms with Crippen LogP contribution in [-0.2, 0) is 19.6 Å². The average molecular weight is 286 g/mol. The third-order valence-electron chi connectivity index (χ3n) is 3.00. The molecule has 1 unspecified atom stereocenters. The van der Waals surface area contributed by atoms with Crippen LogP contribution in [0.25, 0.3) is 0 Å². The Morgan fingerprint density at radius 3 is 2.42 bits per heavy atom. The van der Waals surface area contributed by atoms with Gasteiger partial charge in [0.25, 0.3) is 0 Å². The SMILES string of the molecule is NS(=O)(=O)c1ccc(NC2(C(=O)O)CCOC2)cc1. The highest BCUT2D eigenvalue weighted by atomic mass is 32.2. The van der Waals surface area contributed by atoms with E-state index in [-0.39, 0.29) is 11.5 Å². The van der Waals surface area contributed by atoms with E-state index in [0.717, 1.165) is 0 Å². The van der Waals surface area contributed by atoms with E-state index >= 15 is 0 Å². The first-order valence-electron chi connectivity index (χ1n) is 5.56. The van der Waals surface area contributed by atoms with Crippen LogP contribution in [0.3, 0.4) is 0 Å². The lowest BCUT2D eigenvalue weighted by Crippen LogP contribution is -2.47. The summed E-state index contributed by atoms with van der Waals surface area (Å²) in [6.07, 6.45) is 0.347. The van der Waals surface area contributed by atoms with Crippen molar-refractivity contribution in [2.24, 2.45) is 5.14 Å². The van der Waals surface area contributed by atoms with Gasteiger partial charge < -0.3 is 15.2 Å². The van der Waals surface area contributed by atoms with E-state index in [1.165, 1.54) is 24.3 Å². The normalized spacial score (nSPS) is 23.2. The molecule has 19 heavy (non-hydrogen) atoms. The molecule has 4 N–H and O–H groups in total. The highest BCUT2D eigenvalue weighted by Gasteiger charge is 2.42. The number of primary sulfonamides is 1. The summed E-state index contributed by atoms with van der Waals surface area (Å²) in [5, 5.41) is 17.1. The van der Waals surface area contributed by atoms with E-state index in [2.05, 4.69) is 5.32 Å². The van der Waals surface area contributed by atoms with Crippen molar-refractivity contribution in [3.63, 3.8) is 0 Å². The van der Waals surface area contributed by atoms with E-state index in [1.807, 2.05) is 0 Å². The molecule has 1 aromatic rings. The fourth-order valence-corrected chi connectivity index (χ4v) is 2.41. The van der Waals surface area contributed by atoms with E-state index in [9.17, 15) is 18.3 Å². The molecule has 1 aliphatic rings. The maximum Gasteiger partial charge on any atom is 0.331 e. The topological polar surface area (TPSA) is 119 Å². The van der Waals surface area contributed by atoms with E-state index < -0.39 is 21.5 Å². The number of sulfonamides is 1. The zero-order valence-electron chi connectivity index (χ0n) is 10.00. The van der Waals surface area contributed by atoms with Gasteiger partial charge in [-0.1, -0.05) is 0 Å². The summed E-state index contributed by atoms with van der Waals surface area (Å²) in [4.78, 5) is 11.3. The quantitative estimate of drug-likeness (QED) is 0.716. The summed E-state index contributed by atoms with van der Waals surface area (Å²) in [5.41, 5.74) is -0.663. The molecule has 1 fully saturated rings. The summed E-state index contributed by atoms with van der Waals surface area (Å²) in [6, 6.07) is 5.59. The Hall–Kier alpha value is -1.64. The molecule has 1 aliphatic heterocycles. The maximum absolute atomic E-state index is 11.3. The van der Waals surface area contributed by atoms with Crippen molar-refractivity contribution >= 4 is 21.7 Å². The van der Waals surface area contributed by atoms with Crippen LogP contribution in [0.15, 0.2) is 29.2 Å². The number of nitrogens with one attached hydrogen (secondary N) is 1. The van der Waals surface area contributed by atoms with Gasteiger partial charge in [0.05, 0.1) is 11.5 Å². The number of carboxylic acids is 1. The van der Waals surface area contributed by atoms with Gasteiger partial charge in [0.2, 0.25) is 10.0 Å². The first-order chi connectivity index (χ1) is 8.83. The first-order valence-corrected chi connectivity index (χ1v) is 7.10. The Kier molecular flexibility index (Phi) is 3.48. The number of nitrogens with two attached hydrogens (primary N) is 1. The Bertz CT molecular complexity index is 576. The summed E-state index contributed by atoms with van der Waals surface area (Å²) < 4.78 is 27.3. The van der Waals surface area contributed by atoms with Crippen LogP contribution >= 0.6 is 0 Å². The van der Waals surface area contributed by atoms with Crippen molar-refractivity contribution in [1.29, 1.82) is 0 Å². The standard InChI is InChI=1S/C11H14N2O5S/c12-19(16,17)9-3-1-8(2-4-9)13-11(10(14)15)5-6-18-7-11/h1-4,13H,5-7H2,(H,14,15)(H2,12,16,17). The highest BCUT2D eigenvalue weighted by molar-refractivity contribution is 7.89. The van der Waals surface area contributed by atoms with Gasteiger partial charge in [-0.2, -0.15) is 0 Å². The van der Waals surface area contributed by atoms with E-state index in [1.54, 1.807) is 0 Å². The van der Waals surface area contributed by atoms with Crippen LogP contribution in [0.5, 0.6) is 0 Å². The molecule has 2 rings (SSSR count). The fraction of sp³-hybridized carbons (Fsp3) is 0.364. The van der Waals surface area contributed by atoms with Gasteiger partial charge in [0, 0.05) is 18.7 Å². The molecule has 0 aliphatic carbocycles. The lowest BCUT2D eigenvalue weighted by atomic mass is 9.98. The minimum Gasteiger partial charge on any atom is -0.479 e. The third-order valence-corrected chi connectivity index (χ3v) is 3.93. The van der Waals surface area contributed by atoms with Crippen molar-refractivity contribution in [3.05, 3.63) is 24.3 Å². The molecule has 1 atom stereocenters. The number of rotatable bonds is 4. The van der Waals surface area contributed by atoms with Crippen molar-refractivity contribution in [2.75, 3.05) is 18.5 Å². The molecular formula is C11H14N2O5S. The number of anilines is 1. The molecule has 104 valence electrons. The number of benzene rings is 1. The van der Waals surface area contributed by atoms with E-state index in [4.69, 9.17) is 9.88 Å². The van der Waals surface area contributed by atoms with Gasteiger partial charge in [-0.05, 0) is 24.3 Å². The molecule has 0 bridgehead atoms. The molecule has 0 spiro atoms. The summed E-state index contributed by atoms with van der Waals surface area (Å²) in [7, 11) is -3.75. The number of hydrogen-bond acceptors (Lipinski definition) is 5. The molecule has 0 saturated carbocycles. The number of ether oxygens (including phenoxy) is 1. The maximum atomic E-state index is 11.3. The summed E-state index contributed by atoms with van der Waals surface area (Å²) in [6.45, 7) is 0.438. The van der Waals surface area contributed by atoms with Crippen LogP contribution < -0.4 is 10.5 Å². The third kappa shape index (κ3) is 2.86. The Morgan fingerprint density at radius 1 is 1.37 bits per heavy atom. The van der Waals surface area contributed by atoms with Gasteiger partial charge in [0.1, 0.15) is 0 Å². The predicted molar refractivity (Wildman–Crippen MR) is 67.2 cm³/mol. The largest absolute Gasteiger partial charge is 0.479 e. The minimum atomic E-state index is -3.75. The second kappa shape index (κ2) is 4.80. The Balaban J connectivity index is 2.22. The van der Waals surface area contributed by atoms with Gasteiger partial charge >= 0.3 is 5.97 Å². The predicted octanol–water partition coefficient (Wildman–Crippen LogP) is -0.0104. The summed E-state index contributed by atoms with van der Waals surface area (Å²) in [5.74, 6) is -1.000. The second-order valence-electron chi connectivity index (χ2n) is 4.38. The molecule has 7 nitrogen and oxygen atoms in total. The molecule has 1 saturated heterocycles. The number of carbonyl (C=O) groups is 1. The molecule has 0 aromatic heterocycles. The van der Waals surface area contributed by atoms with Gasteiger partial charge in [-0.3, -0.25) is 0 Å². The Labute approximate surface area is 110 Å². The lowest BCUT2D eigenvalue weighted by Gasteiger charge is -2.25. The van der Waals surface area contributed by atoms with Crippen LogP contribution in [0.2, 0.25) is 0 Å². The van der Waals surface area contributed by atoms with Crippen molar-refractivity contribution < 1.29 is 23.1 Å². The zero-order valence-corrected chi connectivity index (χ0v) is 10.8. The zero-order chi connectivity index (χ0) is 14.1. The molecule has 0 amide bonds. The average Bonchev–Trinajstić information content (AvgIpc) is 2.78. The van der Waals surface area contributed by atoms with E-state index in [0.29, 0.717) is 18.7 Å². The summed E-state index contributed by atoms with van der Waals surface area (Å²) >= 11 is 0. The number of carboxylic acid groups (broad SMARTS) is 1. The molecule has 0 radical (unpaired) electrons. The monoisotopic (exact) mass is 286 g/mol. The minimum absolute atomic E-state index is 0.0231.